The highest BCUT2D eigenvalue weighted by Crippen LogP contribution is 2.29. The summed E-state index contributed by atoms with van der Waals surface area (Å²) in [6, 6.07) is 16.1. The summed E-state index contributed by atoms with van der Waals surface area (Å²) in [5.41, 5.74) is 1.15. The Labute approximate surface area is 182 Å². The van der Waals surface area contributed by atoms with E-state index < -0.39 is 0 Å². The molecule has 7 nitrogen and oxygen atoms in total. The molecule has 1 aromatic carbocycles. The van der Waals surface area contributed by atoms with Crippen molar-refractivity contribution in [2.75, 3.05) is 0 Å². The minimum Gasteiger partial charge on any atom is -0.619 e. The Kier molecular flexibility index (Phi) is 4.91. The lowest BCUT2D eigenvalue weighted by Crippen LogP contribution is -2.30. The van der Waals surface area contributed by atoms with Crippen LogP contribution in [0.2, 0.25) is 0 Å². The van der Waals surface area contributed by atoms with Crippen LogP contribution in [0.1, 0.15) is 23.3 Å². The van der Waals surface area contributed by atoms with Crippen molar-refractivity contribution in [3.05, 3.63) is 94.3 Å². The third kappa shape index (κ3) is 4.02. The first-order valence-corrected chi connectivity index (χ1v) is 10.7. The number of hydrogen-bond acceptors (Lipinski definition) is 5. The van der Waals surface area contributed by atoms with Crippen molar-refractivity contribution < 1.29 is 9.52 Å². The van der Waals surface area contributed by atoms with Gasteiger partial charge in [-0.2, -0.15) is 4.73 Å². The molecule has 3 heterocycles. The molecule has 1 saturated carbocycles. The van der Waals surface area contributed by atoms with Crippen LogP contribution in [0, 0.1) is 5.21 Å². The predicted octanol–water partition coefficient (Wildman–Crippen LogP) is 3.06. The van der Waals surface area contributed by atoms with Crippen molar-refractivity contribution in [1.29, 1.82) is 0 Å². The van der Waals surface area contributed by atoms with E-state index in [0.29, 0.717) is 16.7 Å². The van der Waals surface area contributed by atoms with Crippen LogP contribution < -0.4 is 15.5 Å². The van der Waals surface area contributed by atoms with Crippen molar-refractivity contribution in [3.8, 4) is 5.69 Å². The maximum absolute atomic E-state index is 13.0. The van der Waals surface area contributed by atoms with Crippen LogP contribution in [0.5, 0.6) is 0 Å². The monoisotopic (exact) mass is 430 g/mol. The van der Waals surface area contributed by atoms with Crippen molar-refractivity contribution in [2.24, 2.45) is 0 Å². The number of pyridine rings is 3. The van der Waals surface area contributed by atoms with Crippen LogP contribution in [-0.4, -0.2) is 21.5 Å². The molecule has 8 heteroatoms. The smallest absolute Gasteiger partial charge is 0.268 e. The number of rotatable bonds is 5. The zero-order valence-corrected chi connectivity index (χ0v) is 17.2. The highest BCUT2D eigenvalue weighted by atomic mass is 32.2. The van der Waals surface area contributed by atoms with Gasteiger partial charge in [0.1, 0.15) is 11.3 Å². The third-order valence-electron chi connectivity index (χ3n) is 4.98. The molecule has 1 aliphatic carbocycles. The molecule has 0 unspecified atom stereocenters. The van der Waals surface area contributed by atoms with Crippen LogP contribution in [0.4, 0.5) is 0 Å². The van der Waals surface area contributed by atoms with E-state index in [1.54, 1.807) is 29.0 Å². The van der Waals surface area contributed by atoms with Gasteiger partial charge in [-0.25, -0.2) is 4.98 Å². The van der Waals surface area contributed by atoms with Gasteiger partial charge >= 0.3 is 0 Å². The number of benzene rings is 1. The minimum atomic E-state index is -0.291. The van der Waals surface area contributed by atoms with Crippen molar-refractivity contribution in [1.82, 2.24) is 14.9 Å². The van der Waals surface area contributed by atoms with Crippen molar-refractivity contribution in [2.45, 2.75) is 28.7 Å². The fourth-order valence-corrected chi connectivity index (χ4v) is 4.28. The predicted molar refractivity (Wildman–Crippen MR) is 117 cm³/mol. The highest BCUT2D eigenvalue weighted by Gasteiger charge is 2.26. The topological polar surface area (TPSA) is 90.9 Å². The largest absolute Gasteiger partial charge is 0.619 e. The summed E-state index contributed by atoms with van der Waals surface area (Å²) in [7, 11) is 0. The number of nitrogens with zero attached hydrogens (tertiary/aromatic N) is 3. The van der Waals surface area contributed by atoms with E-state index >= 15 is 0 Å². The molecular weight excluding hydrogens is 412 g/mol. The summed E-state index contributed by atoms with van der Waals surface area (Å²) >= 11 is 1.44. The molecule has 4 aromatic rings. The van der Waals surface area contributed by atoms with E-state index in [4.69, 9.17) is 0 Å². The third-order valence-corrected chi connectivity index (χ3v) is 5.94. The zero-order valence-electron chi connectivity index (χ0n) is 16.4. The SMILES string of the molecule is O=C(NC1CC1)c1cc(=O)c2cccnc2n1-c1cccc(Sc2ccc[n+]([O-])c2)c1. The lowest BCUT2D eigenvalue weighted by atomic mass is 10.2. The second-order valence-corrected chi connectivity index (χ2v) is 8.50. The summed E-state index contributed by atoms with van der Waals surface area (Å²) in [5, 5.41) is 15.0. The van der Waals surface area contributed by atoms with Crippen LogP contribution in [0.3, 0.4) is 0 Å². The van der Waals surface area contributed by atoms with Crippen LogP contribution in [0.25, 0.3) is 16.7 Å². The molecule has 3 aromatic heterocycles. The molecule has 5 rings (SSSR count). The molecule has 0 radical (unpaired) electrons. The van der Waals surface area contributed by atoms with Crippen LogP contribution >= 0.6 is 11.8 Å². The van der Waals surface area contributed by atoms with E-state index in [9.17, 15) is 14.8 Å². The molecule has 31 heavy (non-hydrogen) atoms. The van der Waals surface area contributed by atoms with Gasteiger partial charge in [-0.1, -0.05) is 17.8 Å². The maximum atomic E-state index is 13.0. The van der Waals surface area contributed by atoms with Gasteiger partial charge in [-0.3, -0.25) is 14.2 Å². The van der Waals surface area contributed by atoms with Gasteiger partial charge in [0.15, 0.2) is 17.8 Å². The van der Waals surface area contributed by atoms with Gasteiger partial charge in [0, 0.05) is 35.0 Å². The molecule has 0 aliphatic heterocycles. The number of carbonyl (C=O) groups excluding carboxylic acids is 1. The lowest BCUT2D eigenvalue weighted by Gasteiger charge is -2.16. The van der Waals surface area contributed by atoms with E-state index in [0.717, 1.165) is 27.4 Å². The molecule has 0 bridgehead atoms. The first kappa shape index (κ1) is 19.3. The van der Waals surface area contributed by atoms with Crippen molar-refractivity contribution in [3.63, 3.8) is 0 Å². The highest BCUT2D eigenvalue weighted by molar-refractivity contribution is 7.99. The molecule has 1 amide bonds. The summed E-state index contributed by atoms with van der Waals surface area (Å²) < 4.78 is 2.48. The molecule has 1 aliphatic rings. The Bertz CT molecular complexity index is 1360. The van der Waals surface area contributed by atoms with Gasteiger partial charge in [-0.05, 0) is 49.2 Å². The lowest BCUT2D eigenvalue weighted by molar-refractivity contribution is -0.607. The van der Waals surface area contributed by atoms with E-state index in [1.165, 1.54) is 30.2 Å². The number of carbonyl (C=O) groups is 1. The number of nitrogens with one attached hydrogen (secondary N) is 1. The molecule has 0 spiro atoms. The van der Waals surface area contributed by atoms with Gasteiger partial charge in [0.05, 0.1) is 10.3 Å². The molecule has 0 atom stereocenters. The molecule has 1 N–H and O–H groups in total. The van der Waals surface area contributed by atoms with E-state index in [-0.39, 0.29) is 23.1 Å². The van der Waals surface area contributed by atoms with Crippen LogP contribution in [0.15, 0.2) is 87.8 Å². The Hall–Kier alpha value is -3.65. The second kappa shape index (κ2) is 7.88. The van der Waals surface area contributed by atoms with Gasteiger partial charge in [0.25, 0.3) is 5.91 Å². The second-order valence-electron chi connectivity index (χ2n) is 7.35. The molecule has 0 saturated heterocycles. The first-order valence-electron chi connectivity index (χ1n) is 9.87. The Morgan fingerprint density at radius 2 is 1.97 bits per heavy atom. The van der Waals surface area contributed by atoms with Gasteiger partial charge in [-0.15, -0.1) is 0 Å². The minimum absolute atomic E-state index is 0.161. The summed E-state index contributed by atoms with van der Waals surface area (Å²) in [4.78, 5) is 31.7. The fourth-order valence-electron chi connectivity index (χ4n) is 3.38. The number of amides is 1. The average Bonchev–Trinajstić information content (AvgIpc) is 3.58. The fraction of sp³-hybridized carbons (Fsp3) is 0.130. The quantitative estimate of drug-likeness (QED) is 0.388. The molecule has 1 fully saturated rings. The summed E-state index contributed by atoms with van der Waals surface area (Å²) in [6.45, 7) is 0. The zero-order chi connectivity index (χ0) is 21.4. The normalized spacial score (nSPS) is 13.3. The number of hydrogen-bond donors (Lipinski definition) is 1. The summed E-state index contributed by atoms with van der Waals surface area (Å²) in [5.74, 6) is -0.291. The van der Waals surface area contributed by atoms with E-state index in [2.05, 4.69) is 10.3 Å². The van der Waals surface area contributed by atoms with Crippen molar-refractivity contribution >= 4 is 28.7 Å². The Balaban J connectivity index is 1.64. The maximum Gasteiger partial charge on any atom is 0.268 e. The number of aromatic nitrogens is 3. The summed E-state index contributed by atoms with van der Waals surface area (Å²) in [6.07, 6.45) is 6.44. The first-order chi connectivity index (χ1) is 15.1. The Morgan fingerprint density at radius 1 is 1.13 bits per heavy atom. The molecule has 154 valence electrons. The van der Waals surface area contributed by atoms with Gasteiger partial charge < -0.3 is 10.5 Å². The standard InChI is InChI=1S/C23H18N4O3S/c28-21-13-20(23(29)25-15-8-9-15)27(22-19(21)7-2-10-24-22)16-4-1-5-17(12-16)31-18-6-3-11-26(30)14-18/h1-7,10-15H,8-9H2,(H,25,29). The Morgan fingerprint density at radius 3 is 2.77 bits per heavy atom. The van der Waals surface area contributed by atoms with Crippen LogP contribution in [-0.2, 0) is 0 Å². The molecular formula is C23H18N4O3S. The van der Waals surface area contributed by atoms with Gasteiger partial charge in [0.2, 0.25) is 0 Å². The average molecular weight is 430 g/mol. The van der Waals surface area contributed by atoms with E-state index in [1.807, 2.05) is 30.3 Å². The number of fused-ring (bicyclic) bond motifs is 1.